The summed E-state index contributed by atoms with van der Waals surface area (Å²) in [5.74, 6) is 3.19. The molecule has 3 aliphatic carbocycles. The third-order valence-electron chi connectivity index (χ3n) is 6.06. The lowest BCUT2D eigenvalue weighted by atomic mass is 9.72. The minimum Gasteiger partial charge on any atom is -0.465 e. The molecule has 126 valence electrons. The van der Waals surface area contributed by atoms with E-state index in [1.165, 1.54) is 44.9 Å². The highest BCUT2D eigenvalue weighted by Crippen LogP contribution is 2.47. The van der Waals surface area contributed by atoms with Gasteiger partial charge in [-0.25, -0.2) is 0 Å². The Kier molecular flexibility index (Phi) is 5.75. The van der Waals surface area contributed by atoms with Gasteiger partial charge in [-0.15, -0.1) is 0 Å². The van der Waals surface area contributed by atoms with E-state index in [0.29, 0.717) is 18.9 Å². The summed E-state index contributed by atoms with van der Waals surface area (Å²) in [5.41, 5.74) is 1.04. The van der Waals surface area contributed by atoms with Gasteiger partial charge in [-0.1, -0.05) is 50.1 Å². The van der Waals surface area contributed by atoms with Crippen molar-refractivity contribution in [3.05, 3.63) is 35.9 Å². The molecule has 1 aromatic rings. The molecule has 0 radical (unpaired) electrons. The first-order valence-corrected chi connectivity index (χ1v) is 9.45. The molecule has 0 N–H and O–H groups in total. The SMILES string of the molecule is CCCC1CC2CCC1CCC2COC(=O)Cc1ccccc1. The van der Waals surface area contributed by atoms with Crippen LogP contribution < -0.4 is 0 Å². The monoisotopic (exact) mass is 314 g/mol. The van der Waals surface area contributed by atoms with Crippen molar-refractivity contribution in [2.45, 2.75) is 58.3 Å². The highest BCUT2D eigenvalue weighted by Gasteiger charge is 2.38. The number of hydrogen-bond donors (Lipinski definition) is 0. The van der Waals surface area contributed by atoms with Crippen molar-refractivity contribution in [3.8, 4) is 0 Å². The van der Waals surface area contributed by atoms with Gasteiger partial charge in [0.05, 0.1) is 13.0 Å². The van der Waals surface area contributed by atoms with Crippen molar-refractivity contribution in [1.29, 1.82) is 0 Å². The number of rotatable bonds is 6. The Bertz CT molecular complexity index is 496. The van der Waals surface area contributed by atoms with Gasteiger partial charge in [-0.2, -0.15) is 0 Å². The topological polar surface area (TPSA) is 26.3 Å². The van der Waals surface area contributed by atoms with Crippen LogP contribution in [0.5, 0.6) is 0 Å². The van der Waals surface area contributed by atoms with Gasteiger partial charge in [0, 0.05) is 0 Å². The largest absolute Gasteiger partial charge is 0.465 e. The Morgan fingerprint density at radius 3 is 2.57 bits per heavy atom. The van der Waals surface area contributed by atoms with Gasteiger partial charge in [0.25, 0.3) is 0 Å². The zero-order valence-electron chi connectivity index (χ0n) is 14.4. The maximum Gasteiger partial charge on any atom is 0.310 e. The molecule has 2 bridgehead atoms. The molecule has 0 aliphatic heterocycles. The average Bonchev–Trinajstić information content (AvgIpc) is 2.86. The Morgan fingerprint density at radius 1 is 1.04 bits per heavy atom. The summed E-state index contributed by atoms with van der Waals surface area (Å²) in [6, 6.07) is 9.90. The molecule has 0 amide bonds. The first kappa shape index (κ1) is 16.5. The second-order valence-corrected chi connectivity index (χ2v) is 7.56. The first-order chi connectivity index (χ1) is 11.3. The van der Waals surface area contributed by atoms with Crippen LogP contribution in [-0.4, -0.2) is 12.6 Å². The standard InChI is InChI=1S/C21H30O2/c1-2-6-18-14-19-11-9-17(18)10-12-20(19)15-23-21(22)13-16-7-4-3-5-8-16/h3-5,7-8,17-20H,2,6,9-15H2,1H3. The molecule has 0 saturated heterocycles. The zero-order valence-corrected chi connectivity index (χ0v) is 14.4. The van der Waals surface area contributed by atoms with Crippen molar-refractivity contribution >= 4 is 5.97 Å². The average molecular weight is 314 g/mol. The smallest absolute Gasteiger partial charge is 0.310 e. The molecule has 3 saturated carbocycles. The lowest BCUT2D eigenvalue weighted by Gasteiger charge is -2.34. The first-order valence-electron chi connectivity index (χ1n) is 9.45. The van der Waals surface area contributed by atoms with Crippen LogP contribution in [0.15, 0.2) is 30.3 Å². The fourth-order valence-electron chi connectivity index (χ4n) is 4.79. The molecular weight excluding hydrogens is 284 g/mol. The molecule has 4 unspecified atom stereocenters. The van der Waals surface area contributed by atoms with Gasteiger partial charge in [-0.05, 0) is 61.3 Å². The van der Waals surface area contributed by atoms with Crippen molar-refractivity contribution in [2.75, 3.05) is 6.61 Å². The second kappa shape index (κ2) is 7.99. The molecule has 1 aromatic carbocycles. The highest BCUT2D eigenvalue weighted by atomic mass is 16.5. The summed E-state index contributed by atoms with van der Waals surface area (Å²) in [4.78, 5) is 12.1. The maximum atomic E-state index is 12.1. The molecule has 4 atom stereocenters. The van der Waals surface area contributed by atoms with E-state index >= 15 is 0 Å². The number of fused-ring (bicyclic) bond motifs is 4. The Balaban J connectivity index is 1.49. The van der Waals surface area contributed by atoms with E-state index in [0.717, 1.165) is 23.3 Å². The van der Waals surface area contributed by atoms with Crippen molar-refractivity contribution in [2.24, 2.45) is 23.7 Å². The van der Waals surface area contributed by atoms with Crippen molar-refractivity contribution < 1.29 is 9.53 Å². The van der Waals surface area contributed by atoms with E-state index in [-0.39, 0.29) is 5.97 Å². The molecule has 23 heavy (non-hydrogen) atoms. The van der Waals surface area contributed by atoms with Crippen LogP contribution in [-0.2, 0) is 16.0 Å². The quantitative estimate of drug-likeness (QED) is 0.690. The number of esters is 1. The predicted molar refractivity (Wildman–Crippen MR) is 93.1 cm³/mol. The van der Waals surface area contributed by atoms with Gasteiger partial charge in [-0.3, -0.25) is 4.79 Å². The number of carbonyl (C=O) groups excluding carboxylic acids is 1. The number of hydrogen-bond acceptors (Lipinski definition) is 2. The summed E-state index contributed by atoms with van der Waals surface area (Å²) in [6.45, 7) is 2.95. The van der Waals surface area contributed by atoms with Gasteiger partial charge in [0.1, 0.15) is 0 Å². The maximum absolute atomic E-state index is 12.1. The third kappa shape index (κ3) is 4.37. The molecule has 4 rings (SSSR count). The van der Waals surface area contributed by atoms with E-state index in [9.17, 15) is 4.79 Å². The van der Waals surface area contributed by atoms with E-state index in [4.69, 9.17) is 4.74 Å². The van der Waals surface area contributed by atoms with Gasteiger partial charge in [0.15, 0.2) is 0 Å². The fraction of sp³-hybridized carbons (Fsp3) is 0.667. The number of ether oxygens (including phenoxy) is 1. The van der Waals surface area contributed by atoms with Gasteiger partial charge < -0.3 is 4.74 Å². The normalized spacial score (nSPS) is 30.0. The molecule has 0 heterocycles. The minimum absolute atomic E-state index is 0.0693. The Hall–Kier alpha value is -1.31. The molecule has 2 heteroatoms. The van der Waals surface area contributed by atoms with E-state index in [2.05, 4.69) is 6.92 Å². The van der Waals surface area contributed by atoms with Crippen LogP contribution in [0.4, 0.5) is 0 Å². The van der Waals surface area contributed by atoms with Crippen LogP contribution in [0.2, 0.25) is 0 Å². The van der Waals surface area contributed by atoms with Crippen LogP contribution >= 0.6 is 0 Å². The van der Waals surface area contributed by atoms with Gasteiger partial charge >= 0.3 is 5.97 Å². The molecule has 3 fully saturated rings. The Labute approximate surface area is 140 Å². The number of carbonyl (C=O) groups is 1. The van der Waals surface area contributed by atoms with E-state index in [1.807, 2.05) is 30.3 Å². The molecule has 0 spiro atoms. The lowest BCUT2D eigenvalue weighted by molar-refractivity contribution is -0.144. The Morgan fingerprint density at radius 2 is 1.78 bits per heavy atom. The van der Waals surface area contributed by atoms with Crippen LogP contribution in [0, 0.1) is 23.7 Å². The second-order valence-electron chi connectivity index (χ2n) is 7.56. The summed E-state index contributed by atoms with van der Waals surface area (Å²) in [7, 11) is 0. The fourth-order valence-corrected chi connectivity index (χ4v) is 4.79. The number of benzene rings is 1. The molecule has 0 aromatic heterocycles. The van der Waals surface area contributed by atoms with Crippen LogP contribution in [0.25, 0.3) is 0 Å². The predicted octanol–water partition coefficient (Wildman–Crippen LogP) is 5.01. The molecular formula is C21H30O2. The summed E-state index contributed by atoms with van der Waals surface area (Å²) in [5, 5.41) is 0. The lowest BCUT2D eigenvalue weighted by Crippen LogP contribution is -2.26. The summed E-state index contributed by atoms with van der Waals surface area (Å²) in [6.07, 6.45) is 9.84. The van der Waals surface area contributed by atoms with Crippen LogP contribution in [0.3, 0.4) is 0 Å². The van der Waals surface area contributed by atoms with Crippen LogP contribution in [0.1, 0.15) is 57.4 Å². The van der Waals surface area contributed by atoms with E-state index < -0.39 is 0 Å². The highest BCUT2D eigenvalue weighted by molar-refractivity contribution is 5.72. The van der Waals surface area contributed by atoms with Crippen molar-refractivity contribution in [1.82, 2.24) is 0 Å². The molecule has 2 nitrogen and oxygen atoms in total. The molecule has 3 aliphatic rings. The van der Waals surface area contributed by atoms with Gasteiger partial charge in [0.2, 0.25) is 0 Å². The third-order valence-corrected chi connectivity index (χ3v) is 6.06. The summed E-state index contributed by atoms with van der Waals surface area (Å²) < 4.78 is 5.65. The minimum atomic E-state index is -0.0693. The van der Waals surface area contributed by atoms with E-state index in [1.54, 1.807) is 0 Å². The zero-order chi connectivity index (χ0) is 16.1. The summed E-state index contributed by atoms with van der Waals surface area (Å²) >= 11 is 0. The van der Waals surface area contributed by atoms with Crippen molar-refractivity contribution in [3.63, 3.8) is 0 Å².